The van der Waals surface area contributed by atoms with Crippen molar-refractivity contribution in [2.24, 2.45) is 0 Å². The molecule has 0 radical (unpaired) electrons. The van der Waals surface area contributed by atoms with E-state index in [-0.39, 0.29) is 5.92 Å². The summed E-state index contributed by atoms with van der Waals surface area (Å²) in [5, 5.41) is 12.3. The molecule has 6 heteroatoms. The van der Waals surface area contributed by atoms with Gasteiger partial charge in [0.05, 0.1) is 0 Å². The Kier molecular flexibility index (Phi) is 2.87. The predicted molar refractivity (Wildman–Crippen MR) is 42.6 cm³/mol. The van der Waals surface area contributed by atoms with Crippen molar-refractivity contribution in [1.82, 2.24) is 10.1 Å². The summed E-state index contributed by atoms with van der Waals surface area (Å²) in [5.74, 6) is -0.569. The van der Waals surface area contributed by atoms with Gasteiger partial charge in [-0.1, -0.05) is 0 Å². The summed E-state index contributed by atoms with van der Waals surface area (Å²) in [6.45, 7) is 1.77. The first-order chi connectivity index (χ1) is 5.63. The van der Waals surface area contributed by atoms with Crippen LogP contribution in [0.15, 0.2) is 10.9 Å². The van der Waals surface area contributed by atoms with E-state index >= 15 is 0 Å². The van der Waals surface area contributed by atoms with Gasteiger partial charge in [-0.25, -0.2) is 0 Å². The van der Waals surface area contributed by atoms with Crippen LogP contribution in [0, 0.1) is 0 Å². The van der Waals surface area contributed by atoms with E-state index in [1.165, 1.54) is 6.39 Å². The van der Waals surface area contributed by atoms with E-state index in [4.69, 9.17) is 5.11 Å². The third-order valence-electron chi connectivity index (χ3n) is 1.61. The molecule has 0 fully saturated rings. The molecule has 1 aromatic rings. The summed E-state index contributed by atoms with van der Waals surface area (Å²) in [5.41, 5.74) is 0. The second-order valence-electron chi connectivity index (χ2n) is 2.44. The minimum atomic E-state index is -0.827. The predicted octanol–water partition coefficient (Wildman–Crippen LogP) is -0.321. The third kappa shape index (κ3) is 1.85. The molecule has 0 amide bonds. The summed E-state index contributed by atoms with van der Waals surface area (Å²) in [7, 11) is 0. The van der Waals surface area contributed by atoms with Crippen LogP contribution in [0.25, 0.3) is 0 Å². The first kappa shape index (κ1) is 9.26. The van der Waals surface area contributed by atoms with Crippen LogP contribution in [-0.2, 0) is 4.79 Å². The number of carbonyl (C=O) groups is 1. The van der Waals surface area contributed by atoms with Crippen LogP contribution >= 0.6 is 0 Å². The molecule has 0 saturated heterocycles. The second kappa shape index (κ2) is 3.72. The Morgan fingerprint density at radius 2 is 2.50 bits per heavy atom. The van der Waals surface area contributed by atoms with Gasteiger partial charge in [0.25, 0.3) is 0 Å². The van der Waals surface area contributed by atoms with E-state index in [0.717, 1.165) is 16.9 Å². The number of carboxylic acid groups (broad SMARTS) is 1. The fourth-order valence-electron chi connectivity index (χ4n) is 0.754. The molecular weight excluding hydrogens is 223 g/mol. The number of hydrogen-bond donors (Lipinski definition) is 1. The van der Waals surface area contributed by atoms with Gasteiger partial charge in [-0.15, -0.1) is 0 Å². The molecular formula is C6H9AsN2O3. The third-order valence-corrected chi connectivity index (χ3v) is 3.42. The number of nitrogens with zero attached hydrogens (tertiary/aromatic N) is 2. The second-order valence-corrected chi connectivity index (χ2v) is 3.95. The molecule has 1 heterocycles. The average Bonchev–Trinajstić information content (AvgIpc) is 2.53. The van der Waals surface area contributed by atoms with Crippen LogP contribution < -0.4 is 0 Å². The normalized spacial score (nSPS) is 15.5. The van der Waals surface area contributed by atoms with E-state index in [0.29, 0.717) is 5.82 Å². The minimum absolute atomic E-state index is 0.193. The van der Waals surface area contributed by atoms with E-state index in [9.17, 15) is 4.79 Å². The van der Waals surface area contributed by atoms with Crippen LogP contribution in [0.2, 0.25) is 4.71 Å². The van der Waals surface area contributed by atoms with Crippen LogP contribution in [0.4, 0.5) is 0 Å². The first-order valence-electron chi connectivity index (χ1n) is 3.37. The molecule has 1 N–H and O–H groups in total. The van der Waals surface area contributed by atoms with Crippen molar-refractivity contribution in [2.75, 3.05) is 0 Å². The Bertz CT molecular complexity index is 262. The van der Waals surface area contributed by atoms with E-state index in [1.807, 2.05) is 0 Å². The van der Waals surface area contributed by atoms with Gasteiger partial charge in [0.2, 0.25) is 0 Å². The molecule has 0 spiro atoms. The summed E-state index contributed by atoms with van der Waals surface area (Å²) >= 11 is 1.15. The molecule has 0 aliphatic heterocycles. The van der Waals surface area contributed by atoms with Gasteiger partial charge in [0, 0.05) is 0 Å². The van der Waals surface area contributed by atoms with Crippen molar-refractivity contribution in [2.45, 2.75) is 17.5 Å². The van der Waals surface area contributed by atoms with Gasteiger partial charge in [-0.3, -0.25) is 0 Å². The van der Waals surface area contributed by atoms with Crippen molar-refractivity contribution in [3.8, 4) is 0 Å². The molecule has 1 aromatic heterocycles. The molecule has 0 aliphatic rings. The zero-order chi connectivity index (χ0) is 9.14. The van der Waals surface area contributed by atoms with Crippen LogP contribution in [0.5, 0.6) is 0 Å². The van der Waals surface area contributed by atoms with Crippen LogP contribution in [0.3, 0.4) is 0 Å². The Labute approximate surface area is 77.7 Å². The zero-order valence-corrected chi connectivity index (χ0v) is 8.89. The van der Waals surface area contributed by atoms with E-state index in [1.54, 1.807) is 6.92 Å². The summed E-state index contributed by atoms with van der Waals surface area (Å²) in [6.07, 6.45) is 1.20. The van der Waals surface area contributed by atoms with Gasteiger partial charge >= 0.3 is 77.2 Å². The quantitative estimate of drug-likeness (QED) is 0.722. The molecule has 12 heavy (non-hydrogen) atoms. The Morgan fingerprint density at radius 1 is 1.83 bits per heavy atom. The topological polar surface area (TPSA) is 76.2 Å². The molecule has 3 atom stereocenters. The van der Waals surface area contributed by atoms with Crippen molar-refractivity contribution in [3.63, 3.8) is 0 Å². The Morgan fingerprint density at radius 3 is 2.92 bits per heavy atom. The van der Waals surface area contributed by atoms with Gasteiger partial charge in [0.15, 0.2) is 0 Å². The van der Waals surface area contributed by atoms with Crippen LogP contribution in [-0.4, -0.2) is 38.1 Å². The maximum atomic E-state index is 10.6. The van der Waals surface area contributed by atoms with Crippen molar-refractivity contribution >= 4 is 22.8 Å². The Hall–Kier alpha value is -0.832. The maximum absolute atomic E-state index is 10.6. The summed E-state index contributed by atoms with van der Waals surface area (Å²) in [6, 6.07) is 0. The molecule has 0 bridgehead atoms. The number of aromatic nitrogens is 2. The summed E-state index contributed by atoms with van der Waals surface area (Å²) in [4.78, 5) is 14.4. The summed E-state index contributed by atoms with van der Waals surface area (Å²) < 4.78 is 4.08. The SMILES string of the molecule is CC(c1ncon1)[C@H]([AsH2])C(=O)O. The molecule has 0 aromatic carbocycles. The number of carboxylic acids is 1. The Balaban J connectivity index is 2.71. The van der Waals surface area contributed by atoms with Gasteiger partial charge in [0.1, 0.15) is 0 Å². The zero-order valence-electron chi connectivity index (χ0n) is 6.47. The number of rotatable bonds is 3. The molecule has 0 saturated carbocycles. The molecule has 0 aliphatic carbocycles. The molecule has 2 unspecified atom stereocenters. The van der Waals surface area contributed by atoms with Gasteiger partial charge in [-0.2, -0.15) is 0 Å². The average molecular weight is 232 g/mol. The van der Waals surface area contributed by atoms with Crippen molar-refractivity contribution in [1.29, 1.82) is 0 Å². The molecule has 1 rings (SSSR count). The molecule has 66 valence electrons. The number of hydrogen-bond acceptors (Lipinski definition) is 4. The number of aliphatic carboxylic acids is 1. The monoisotopic (exact) mass is 232 g/mol. The van der Waals surface area contributed by atoms with Crippen molar-refractivity contribution < 1.29 is 14.4 Å². The van der Waals surface area contributed by atoms with E-state index < -0.39 is 10.7 Å². The molecule has 5 nitrogen and oxygen atoms in total. The van der Waals surface area contributed by atoms with Crippen molar-refractivity contribution in [3.05, 3.63) is 12.2 Å². The standard InChI is InChI=1S/C6H9AsN2O3/c1-3(4(7)6(10)11)5-8-2-12-9-5/h2-4H,7H2,1H3,(H,10,11)/t3?,4-/m0/s1. The first-order valence-corrected chi connectivity index (χ1v) is 4.77. The van der Waals surface area contributed by atoms with Crippen LogP contribution in [0.1, 0.15) is 18.7 Å². The van der Waals surface area contributed by atoms with Gasteiger partial charge < -0.3 is 0 Å². The fraction of sp³-hybridized carbons (Fsp3) is 0.500. The van der Waals surface area contributed by atoms with E-state index in [2.05, 4.69) is 14.7 Å². The fourth-order valence-corrected chi connectivity index (χ4v) is 1.12. The van der Waals surface area contributed by atoms with Gasteiger partial charge in [-0.05, 0) is 0 Å².